The zero-order valence-corrected chi connectivity index (χ0v) is 73.8. The van der Waals surface area contributed by atoms with Gasteiger partial charge in [-0.15, -0.1) is 0 Å². The summed E-state index contributed by atoms with van der Waals surface area (Å²) in [4.78, 5) is 62.3. The lowest BCUT2D eigenvalue weighted by atomic mass is 9.77. The van der Waals surface area contributed by atoms with Gasteiger partial charge in [-0.2, -0.15) is 29.9 Å². The zero-order chi connectivity index (χ0) is 77.6. The predicted molar refractivity (Wildman–Crippen MR) is 446 cm³/mol. The van der Waals surface area contributed by atoms with E-state index in [-0.39, 0.29) is 103 Å². The van der Waals surface area contributed by atoms with Crippen molar-refractivity contribution in [3.8, 4) is 0 Å². The van der Waals surface area contributed by atoms with Gasteiger partial charge >= 0.3 is 0 Å². The summed E-state index contributed by atoms with van der Waals surface area (Å²) in [5.41, 5.74) is -0.384. The van der Waals surface area contributed by atoms with Crippen LogP contribution >= 0.6 is 0 Å². The summed E-state index contributed by atoms with van der Waals surface area (Å²) in [6, 6.07) is 1.55. The topological polar surface area (TPSA) is 134 Å². The summed E-state index contributed by atoms with van der Waals surface area (Å²) in [5.74, 6) is 5.24. The maximum atomic E-state index is 5.97. The van der Waals surface area contributed by atoms with Crippen molar-refractivity contribution >= 4 is 35.7 Å². The lowest BCUT2D eigenvalue weighted by molar-refractivity contribution is -0.0136. The van der Waals surface area contributed by atoms with Gasteiger partial charge in [0.2, 0.25) is 35.7 Å². The Bertz CT molecular complexity index is 2760. The van der Waals surface area contributed by atoms with Crippen LogP contribution < -0.4 is 40.0 Å². The summed E-state index contributed by atoms with van der Waals surface area (Å²) >= 11 is 0. The van der Waals surface area contributed by atoms with E-state index in [9.17, 15) is 0 Å². The second kappa shape index (κ2) is 32.5. The molecule has 6 aliphatic rings. The second-order valence-electron chi connectivity index (χ2n) is 42.4. The largest absolute Gasteiger partial charge is 0.338 e. The zero-order valence-electron chi connectivity index (χ0n) is 73.8. The van der Waals surface area contributed by atoms with Crippen LogP contribution in [0.3, 0.4) is 0 Å². The van der Waals surface area contributed by atoms with Gasteiger partial charge in [-0.1, -0.05) is 66.2 Å². The summed E-state index contributed by atoms with van der Waals surface area (Å²) in [6.45, 7) is 73.4. The van der Waals surface area contributed by atoms with E-state index in [1.165, 1.54) is 0 Å². The fourth-order valence-corrected chi connectivity index (χ4v) is 21.5. The van der Waals surface area contributed by atoms with E-state index in [1.54, 1.807) is 0 Å². The molecule has 18 heteroatoms. The highest BCUT2D eigenvalue weighted by Gasteiger charge is 2.52. The Labute approximate surface area is 640 Å². The molecule has 0 saturated carbocycles. The predicted octanol–water partition coefficient (Wildman–Crippen LogP) is 17.6. The van der Waals surface area contributed by atoms with E-state index in [2.05, 4.69) is 282 Å². The third kappa shape index (κ3) is 20.6. The van der Waals surface area contributed by atoms with Crippen molar-refractivity contribution in [3.63, 3.8) is 0 Å². The Morgan fingerprint density at radius 2 is 0.385 bits per heavy atom. The van der Waals surface area contributed by atoms with Crippen molar-refractivity contribution in [2.75, 3.05) is 96.9 Å². The molecule has 0 atom stereocenters. The minimum Gasteiger partial charge on any atom is -0.338 e. The van der Waals surface area contributed by atoms with Crippen LogP contribution in [0.2, 0.25) is 0 Å². The molecular weight excluding hydrogens is 1290 g/mol. The molecule has 6 saturated heterocycles. The normalized spacial score (nSPS) is 25.0. The number of nitrogens with one attached hydrogen (secondary N) is 2. The lowest BCUT2D eigenvalue weighted by Gasteiger charge is -2.56. The molecule has 8 rings (SSSR count). The average Bonchev–Trinajstić information content (AvgIpc) is 0.759. The van der Waals surface area contributed by atoms with Gasteiger partial charge in [-0.05, 0) is 310 Å². The summed E-state index contributed by atoms with van der Waals surface area (Å²) in [5, 5.41) is 8.08. The van der Waals surface area contributed by atoms with Gasteiger partial charge in [0.05, 0.1) is 0 Å². The second-order valence-corrected chi connectivity index (χ2v) is 42.4. The van der Waals surface area contributed by atoms with Crippen LogP contribution in [0.15, 0.2) is 0 Å². The Kier molecular flexibility index (Phi) is 26.9. The van der Waals surface area contributed by atoms with Gasteiger partial charge in [-0.25, -0.2) is 0 Å². The average molecular weight is 1450 g/mol. The molecule has 0 unspecified atom stereocenters. The molecule has 0 amide bonds. The first-order chi connectivity index (χ1) is 47.9. The number of hydrogen-bond donors (Lipinski definition) is 2. The van der Waals surface area contributed by atoms with Crippen LogP contribution in [0, 0.1) is 0 Å². The number of anilines is 6. The van der Waals surface area contributed by atoms with Gasteiger partial charge < -0.3 is 40.0 Å². The summed E-state index contributed by atoms with van der Waals surface area (Å²) in [7, 11) is 9.40. The van der Waals surface area contributed by atoms with Crippen LogP contribution in [0.1, 0.15) is 348 Å². The molecule has 104 heavy (non-hydrogen) atoms. The van der Waals surface area contributed by atoms with Gasteiger partial charge in [0.15, 0.2) is 0 Å². The van der Waals surface area contributed by atoms with Gasteiger partial charge in [0, 0.05) is 142 Å². The highest BCUT2D eigenvalue weighted by molar-refractivity contribution is 5.51. The molecule has 0 bridgehead atoms. The fraction of sp³-hybridized carbons (Fsp3) is 0.930. The Morgan fingerprint density at radius 1 is 0.240 bits per heavy atom. The highest BCUT2D eigenvalue weighted by atomic mass is 15.4. The van der Waals surface area contributed by atoms with Crippen molar-refractivity contribution in [2.24, 2.45) is 0 Å². The molecule has 18 nitrogen and oxygen atoms in total. The van der Waals surface area contributed by atoms with Crippen molar-refractivity contribution in [3.05, 3.63) is 0 Å². The summed E-state index contributed by atoms with van der Waals surface area (Å²) in [6.07, 6.45) is 25.4. The summed E-state index contributed by atoms with van der Waals surface area (Å²) < 4.78 is 0. The number of unbranched alkanes of at least 4 members (excludes halogenated alkanes) is 7. The van der Waals surface area contributed by atoms with E-state index in [0.717, 1.165) is 229 Å². The number of likely N-dealkylation sites (tertiary alicyclic amines) is 4. The highest BCUT2D eigenvalue weighted by Crippen LogP contribution is 2.47. The first kappa shape index (κ1) is 86.2. The third-order valence-electron chi connectivity index (χ3n) is 27.4. The van der Waals surface area contributed by atoms with Crippen molar-refractivity contribution < 1.29 is 0 Å². The molecule has 2 aromatic heterocycles. The van der Waals surface area contributed by atoms with Gasteiger partial charge in [-0.3, -0.25) is 19.6 Å². The molecule has 0 radical (unpaired) electrons. The number of aromatic nitrogens is 6. The minimum absolute atomic E-state index is 0.00467. The molecular formula is C86H164N18. The van der Waals surface area contributed by atoms with Crippen molar-refractivity contribution in [2.45, 2.75) is 451 Å². The maximum Gasteiger partial charge on any atom is 0.232 e. The molecule has 0 spiro atoms. The SMILES string of the molecule is CCCCN(c1nc(N(CCCC)C2CC(C)(C)N(C)C(C)(C)C2)nc(N(CCCCCCN(c2nc(N(CCCC)C3CC(C)(C)NC(C)(C)C3)nc(N(CCCC)C3CC(C)(C)N(C)C(C)(C)C3)n2)C2CC(C)(C)N(C)C(C)(C)C2)C2CC(C)(C)N(C)C(C)(C)C2)n1)C1CC(C)(C)NC(C)(C)C1. The van der Waals surface area contributed by atoms with Crippen molar-refractivity contribution in [1.82, 2.24) is 60.1 Å². The Balaban J connectivity index is 1.24. The first-order valence-electron chi connectivity index (χ1n) is 42.5. The lowest BCUT2D eigenvalue weighted by Crippen LogP contribution is -2.63. The smallest absolute Gasteiger partial charge is 0.232 e. The molecule has 598 valence electrons. The maximum absolute atomic E-state index is 5.97. The monoisotopic (exact) mass is 1450 g/mol. The minimum atomic E-state index is -0.0473. The molecule has 6 aliphatic heterocycles. The first-order valence-corrected chi connectivity index (χ1v) is 42.5. The molecule has 2 aromatic rings. The van der Waals surface area contributed by atoms with E-state index >= 15 is 0 Å². The van der Waals surface area contributed by atoms with Crippen LogP contribution in [-0.2, 0) is 0 Å². The molecule has 6 fully saturated rings. The van der Waals surface area contributed by atoms with Crippen LogP contribution in [0.25, 0.3) is 0 Å². The Morgan fingerprint density at radius 3 is 0.538 bits per heavy atom. The van der Waals surface area contributed by atoms with Crippen LogP contribution in [0.5, 0.6) is 0 Å². The van der Waals surface area contributed by atoms with E-state index in [0.29, 0.717) is 0 Å². The number of rotatable bonds is 31. The van der Waals surface area contributed by atoms with E-state index in [4.69, 9.17) is 29.9 Å². The molecule has 0 aromatic carbocycles. The molecule has 2 N–H and O–H groups in total. The van der Waals surface area contributed by atoms with Gasteiger partial charge in [0.25, 0.3) is 0 Å². The number of hydrogen-bond acceptors (Lipinski definition) is 18. The molecule has 0 aliphatic carbocycles. The van der Waals surface area contributed by atoms with E-state index < -0.39 is 0 Å². The fourth-order valence-electron chi connectivity index (χ4n) is 21.5. The molecule has 8 heterocycles. The standard InChI is InChI=1S/C86H164N18/c1-33-37-45-99(63-51-75(5,6)93-76(7,8)52-63)69-87-71(101(47-39-35-3)65-55-79(13,14)95(29)80(15,16)56-65)91-73(89-69)103(67-59-83(21,22)97(31)84(23,24)60-67)49-43-41-42-44-50-104(68-61-85(25,26)98(32)86(27,28)62-68)74-90-70(100(46-38-34-2)64-53-77(9,10)94-78(11,12)54-64)88-72(92-74)102(48-40-36-4)66-57-81(17,18)96(30)82(19,20)58-66/h63-68,93-94H,33-62H2,1-32H3. The Hall–Kier alpha value is -3.42. The van der Waals surface area contributed by atoms with Crippen LogP contribution in [-0.4, -0.2) is 220 Å². The van der Waals surface area contributed by atoms with E-state index in [1.807, 2.05) is 0 Å². The quantitative estimate of drug-likeness (QED) is 0.0693. The van der Waals surface area contributed by atoms with Crippen molar-refractivity contribution in [1.29, 1.82) is 0 Å². The third-order valence-corrected chi connectivity index (χ3v) is 27.4. The number of piperidine rings is 6. The van der Waals surface area contributed by atoms with Crippen LogP contribution in [0.4, 0.5) is 35.7 Å². The van der Waals surface area contributed by atoms with Gasteiger partial charge in [0.1, 0.15) is 0 Å². The number of nitrogens with zero attached hydrogens (tertiary/aromatic N) is 16.